The van der Waals surface area contributed by atoms with Crippen molar-refractivity contribution in [3.05, 3.63) is 0 Å². The highest BCUT2D eigenvalue weighted by Crippen LogP contribution is 2.18. The van der Waals surface area contributed by atoms with Crippen LogP contribution < -0.4 is 0 Å². The van der Waals surface area contributed by atoms with E-state index in [0.717, 1.165) is 12.8 Å². The highest BCUT2D eigenvalue weighted by Gasteiger charge is 2.27. The molecule has 1 unspecified atom stereocenters. The molecule has 0 bridgehead atoms. The number of carbonyl (C=O) groups is 1. The van der Waals surface area contributed by atoms with Crippen LogP contribution in [0.5, 0.6) is 0 Å². The van der Waals surface area contributed by atoms with E-state index < -0.39 is 5.60 Å². The maximum Gasteiger partial charge on any atom is 0.410 e. The Morgan fingerprint density at radius 2 is 1.94 bits per heavy atom. The van der Waals surface area contributed by atoms with Gasteiger partial charge in [0.1, 0.15) is 11.7 Å². The number of terminal acetylenes is 1. The monoisotopic (exact) mass is 253 g/mol. The normalized spacial score (nSPS) is 19.2. The molecule has 1 rings (SSSR count). The second-order valence-corrected chi connectivity index (χ2v) is 5.61. The van der Waals surface area contributed by atoms with Crippen LogP contribution in [0, 0.1) is 12.3 Å². The second kappa shape index (κ2) is 6.10. The zero-order valence-electron chi connectivity index (χ0n) is 11.7. The summed E-state index contributed by atoms with van der Waals surface area (Å²) in [5.41, 5.74) is -0.442. The minimum Gasteiger partial charge on any atom is -0.444 e. The largest absolute Gasteiger partial charge is 0.444 e. The number of rotatable bonds is 2. The van der Waals surface area contributed by atoms with Crippen LogP contribution in [0.1, 0.15) is 40.5 Å². The Morgan fingerprint density at radius 3 is 2.39 bits per heavy atom. The fraction of sp³-hybridized carbons (Fsp3) is 0.786. The lowest BCUT2D eigenvalue weighted by Crippen LogP contribution is -2.43. The average Bonchev–Trinajstić information content (AvgIpc) is 2.27. The van der Waals surface area contributed by atoms with Gasteiger partial charge in [-0.25, -0.2) is 4.79 Å². The Morgan fingerprint density at radius 1 is 1.39 bits per heavy atom. The van der Waals surface area contributed by atoms with Gasteiger partial charge in [0.2, 0.25) is 0 Å². The van der Waals surface area contributed by atoms with Gasteiger partial charge in [-0.3, -0.25) is 0 Å². The smallest absolute Gasteiger partial charge is 0.410 e. The molecule has 1 atom stereocenters. The molecule has 18 heavy (non-hydrogen) atoms. The first-order valence-corrected chi connectivity index (χ1v) is 6.41. The van der Waals surface area contributed by atoms with Gasteiger partial charge in [0.05, 0.1) is 6.10 Å². The maximum atomic E-state index is 11.8. The topological polar surface area (TPSA) is 38.8 Å². The third-order valence-electron chi connectivity index (χ3n) is 2.72. The zero-order valence-corrected chi connectivity index (χ0v) is 11.7. The predicted molar refractivity (Wildman–Crippen MR) is 70.2 cm³/mol. The summed E-state index contributed by atoms with van der Waals surface area (Å²) < 4.78 is 11.0. The molecule has 1 amide bonds. The number of likely N-dealkylation sites (tertiary alicyclic amines) is 1. The summed E-state index contributed by atoms with van der Waals surface area (Å²) >= 11 is 0. The molecule has 1 fully saturated rings. The van der Waals surface area contributed by atoms with Gasteiger partial charge in [-0.2, -0.15) is 0 Å². The zero-order chi connectivity index (χ0) is 13.8. The Balaban J connectivity index is 2.35. The minimum absolute atomic E-state index is 0.148. The van der Waals surface area contributed by atoms with Gasteiger partial charge in [-0.15, -0.1) is 6.42 Å². The molecule has 0 spiro atoms. The minimum atomic E-state index is -0.442. The van der Waals surface area contributed by atoms with Crippen molar-refractivity contribution in [1.29, 1.82) is 0 Å². The van der Waals surface area contributed by atoms with Crippen LogP contribution in [0.2, 0.25) is 0 Å². The third kappa shape index (κ3) is 4.97. The van der Waals surface area contributed by atoms with E-state index in [0.29, 0.717) is 13.1 Å². The Kier molecular flexibility index (Phi) is 5.03. The van der Waals surface area contributed by atoms with Gasteiger partial charge in [0, 0.05) is 13.1 Å². The Bertz CT molecular complexity index is 319. The first kappa shape index (κ1) is 14.8. The van der Waals surface area contributed by atoms with Crippen molar-refractivity contribution in [3.63, 3.8) is 0 Å². The molecular formula is C14H23NO3. The number of hydrogen-bond donors (Lipinski definition) is 0. The number of hydrogen-bond acceptors (Lipinski definition) is 3. The van der Waals surface area contributed by atoms with Gasteiger partial charge < -0.3 is 14.4 Å². The summed E-state index contributed by atoms with van der Waals surface area (Å²) in [6.07, 6.45) is 6.64. The summed E-state index contributed by atoms with van der Waals surface area (Å²) in [4.78, 5) is 13.6. The number of ether oxygens (including phenoxy) is 2. The molecule has 0 saturated carbocycles. The molecule has 1 aliphatic rings. The van der Waals surface area contributed by atoms with E-state index in [9.17, 15) is 4.79 Å². The lowest BCUT2D eigenvalue weighted by Gasteiger charge is -2.33. The van der Waals surface area contributed by atoms with Crippen LogP contribution in [0.3, 0.4) is 0 Å². The van der Waals surface area contributed by atoms with Crippen molar-refractivity contribution in [1.82, 2.24) is 4.90 Å². The summed E-state index contributed by atoms with van der Waals surface area (Å²) in [5, 5.41) is 0. The fourth-order valence-corrected chi connectivity index (χ4v) is 1.83. The molecule has 0 aromatic rings. The summed E-state index contributed by atoms with van der Waals surface area (Å²) in [5.74, 6) is 2.55. The van der Waals surface area contributed by atoms with Gasteiger partial charge >= 0.3 is 6.09 Å². The predicted octanol–water partition coefficient (Wildman–Crippen LogP) is 2.42. The molecule has 1 aliphatic heterocycles. The molecule has 1 saturated heterocycles. The van der Waals surface area contributed by atoms with E-state index in [-0.39, 0.29) is 18.3 Å². The molecule has 1 heterocycles. The van der Waals surface area contributed by atoms with Crippen LogP contribution >= 0.6 is 0 Å². The van der Waals surface area contributed by atoms with E-state index in [2.05, 4.69) is 5.92 Å². The van der Waals surface area contributed by atoms with Crippen LogP contribution in [-0.2, 0) is 9.47 Å². The van der Waals surface area contributed by atoms with Crippen LogP contribution in [-0.4, -0.2) is 41.9 Å². The lowest BCUT2D eigenvalue weighted by molar-refractivity contribution is -0.0227. The van der Waals surface area contributed by atoms with Crippen molar-refractivity contribution >= 4 is 6.09 Å². The van der Waals surface area contributed by atoms with E-state index in [1.165, 1.54) is 0 Å². The highest BCUT2D eigenvalue weighted by atomic mass is 16.6. The second-order valence-electron chi connectivity index (χ2n) is 5.61. The van der Waals surface area contributed by atoms with Crippen molar-refractivity contribution in [2.75, 3.05) is 13.1 Å². The number of amides is 1. The molecule has 0 N–H and O–H groups in total. The molecule has 0 aliphatic carbocycles. The highest BCUT2D eigenvalue weighted by molar-refractivity contribution is 5.68. The number of nitrogens with zero attached hydrogens (tertiary/aromatic N) is 1. The average molecular weight is 253 g/mol. The summed E-state index contributed by atoms with van der Waals surface area (Å²) in [6.45, 7) is 8.80. The quantitative estimate of drug-likeness (QED) is 0.709. The lowest BCUT2D eigenvalue weighted by atomic mass is 10.1. The molecule has 4 nitrogen and oxygen atoms in total. The van der Waals surface area contributed by atoms with Crippen LogP contribution in [0.4, 0.5) is 4.79 Å². The third-order valence-corrected chi connectivity index (χ3v) is 2.72. The van der Waals surface area contributed by atoms with Crippen molar-refractivity contribution in [3.8, 4) is 12.3 Å². The fourth-order valence-electron chi connectivity index (χ4n) is 1.83. The molecular weight excluding hydrogens is 230 g/mol. The number of carbonyl (C=O) groups excluding carboxylic acids is 1. The maximum absolute atomic E-state index is 11.8. The van der Waals surface area contributed by atoms with E-state index in [1.807, 2.05) is 27.7 Å². The van der Waals surface area contributed by atoms with Crippen molar-refractivity contribution in [2.45, 2.75) is 58.3 Å². The standard InChI is InChI=1S/C14H23NO3/c1-6-11(2)17-12-7-9-15(10-8-12)13(16)18-14(3,4)5/h1,11-12H,7-10H2,2-5H3. The van der Waals surface area contributed by atoms with Gasteiger partial charge in [-0.05, 0) is 40.5 Å². The van der Waals surface area contributed by atoms with Gasteiger partial charge in [0.25, 0.3) is 0 Å². The van der Waals surface area contributed by atoms with Crippen molar-refractivity contribution < 1.29 is 14.3 Å². The number of piperidine rings is 1. The SMILES string of the molecule is C#CC(C)OC1CCN(C(=O)OC(C)(C)C)CC1. The Labute approximate surface area is 110 Å². The first-order chi connectivity index (χ1) is 8.31. The summed E-state index contributed by atoms with van der Waals surface area (Å²) in [7, 11) is 0. The van der Waals surface area contributed by atoms with E-state index in [4.69, 9.17) is 15.9 Å². The van der Waals surface area contributed by atoms with Crippen molar-refractivity contribution in [2.24, 2.45) is 0 Å². The Hall–Kier alpha value is -1.21. The van der Waals surface area contributed by atoms with Crippen LogP contribution in [0.15, 0.2) is 0 Å². The van der Waals surface area contributed by atoms with E-state index in [1.54, 1.807) is 4.90 Å². The molecule has 102 valence electrons. The molecule has 4 heteroatoms. The summed E-state index contributed by atoms with van der Waals surface area (Å²) in [6, 6.07) is 0. The van der Waals surface area contributed by atoms with Gasteiger partial charge in [0.15, 0.2) is 0 Å². The van der Waals surface area contributed by atoms with Crippen LogP contribution in [0.25, 0.3) is 0 Å². The molecule has 0 aromatic heterocycles. The van der Waals surface area contributed by atoms with Gasteiger partial charge in [-0.1, -0.05) is 5.92 Å². The first-order valence-electron chi connectivity index (χ1n) is 6.41. The van der Waals surface area contributed by atoms with E-state index >= 15 is 0 Å². The molecule has 0 radical (unpaired) electrons. The molecule has 0 aromatic carbocycles.